The van der Waals surface area contributed by atoms with E-state index in [2.05, 4.69) is 0 Å². The highest BCUT2D eigenvalue weighted by Gasteiger charge is 2.28. The van der Waals surface area contributed by atoms with Crippen LogP contribution in [0.15, 0.2) is 30.3 Å². The Balaban J connectivity index is 1.85. The molecule has 1 saturated carbocycles. The van der Waals surface area contributed by atoms with Gasteiger partial charge < -0.3 is 9.47 Å². The van der Waals surface area contributed by atoms with E-state index in [1.165, 1.54) is 6.07 Å². The summed E-state index contributed by atoms with van der Waals surface area (Å²) in [4.78, 5) is 11.6. The van der Waals surface area contributed by atoms with E-state index in [1.807, 2.05) is 6.07 Å². The van der Waals surface area contributed by atoms with Crippen LogP contribution in [0.5, 0.6) is 11.5 Å². The molecule has 0 radical (unpaired) electrons. The fourth-order valence-corrected chi connectivity index (χ4v) is 2.86. The summed E-state index contributed by atoms with van der Waals surface area (Å²) in [6, 6.07) is 8.38. The monoisotopic (exact) mass is 362 g/mol. The van der Waals surface area contributed by atoms with Gasteiger partial charge in [0.1, 0.15) is 23.9 Å². The standard InChI is InChI=1S/C20H20ClFO3/c1-3-20(23)25-18-6-4-5-16(21)15(18)11-24-19-10-17(22)12(2)9-14(19)13-7-8-13/h4-6,9-10,13H,3,7-8,11H2,1-2H3. The van der Waals surface area contributed by atoms with E-state index < -0.39 is 0 Å². The predicted molar refractivity (Wildman–Crippen MR) is 94.8 cm³/mol. The number of hydrogen-bond acceptors (Lipinski definition) is 3. The number of rotatable bonds is 6. The molecular weight excluding hydrogens is 343 g/mol. The minimum absolute atomic E-state index is 0.105. The van der Waals surface area contributed by atoms with Crippen molar-refractivity contribution in [2.45, 2.75) is 45.6 Å². The molecule has 0 amide bonds. The summed E-state index contributed by atoms with van der Waals surface area (Å²) in [5.41, 5.74) is 2.22. The first-order valence-corrected chi connectivity index (χ1v) is 8.78. The molecule has 2 aromatic rings. The lowest BCUT2D eigenvalue weighted by molar-refractivity contribution is -0.134. The van der Waals surface area contributed by atoms with Gasteiger partial charge in [0.15, 0.2) is 0 Å². The third-order valence-corrected chi connectivity index (χ3v) is 4.62. The van der Waals surface area contributed by atoms with Crippen molar-refractivity contribution in [3.05, 3.63) is 57.9 Å². The topological polar surface area (TPSA) is 35.5 Å². The van der Waals surface area contributed by atoms with Crippen molar-refractivity contribution in [3.63, 3.8) is 0 Å². The summed E-state index contributed by atoms with van der Waals surface area (Å²) in [6.07, 6.45) is 2.45. The van der Waals surface area contributed by atoms with Crippen molar-refractivity contribution >= 4 is 17.6 Å². The lowest BCUT2D eigenvalue weighted by Gasteiger charge is -2.15. The maximum absolute atomic E-state index is 14.0. The van der Waals surface area contributed by atoms with Crippen molar-refractivity contribution in [1.82, 2.24) is 0 Å². The van der Waals surface area contributed by atoms with Crippen LogP contribution in [0.3, 0.4) is 0 Å². The number of aryl methyl sites for hydroxylation is 1. The molecule has 0 saturated heterocycles. The fraction of sp³-hybridized carbons (Fsp3) is 0.350. The number of carbonyl (C=O) groups is 1. The Labute approximate surface area is 151 Å². The molecule has 0 N–H and O–H groups in total. The molecule has 5 heteroatoms. The molecule has 0 aromatic heterocycles. The van der Waals surface area contributed by atoms with Crippen LogP contribution in [-0.4, -0.2) is 5.97 Å². The molecule has 0 bridgehead atoms. The summed E-state index contributed by atoms with van der Waals surface area (Å²) in [5, 5.41) is 0.446. The number of esters is 1. The first-order chi connectivity index (χ1) is 12.0. The van der Waals surface area contributed by atoms with Gasteiger partial charge in [-0.25, -0.2) is 4.39 Å². The normalized spacial score (nSPS) is 13.6. The molecule has 1 fully saturated rings. The quantitative estimate of drug-likeness (QED) is 0.498. The number of benzene rings is 2. The van der Waals surface area contributed by atoms with Crippen LogP contribution in [0.4, 0.5) is 4.39 Å². The highest BCUT2D eigenvalue weighted by molar-refractivity contribution is 6.31. The van der Waals surface area contributed by atoms with Crippen LogP contribution < -0.4 is 9.47 Å². The number of ether oxygens (including phenoxy) is 2. The first kappa shape index (κ1) is 17.7. The van der Waals surface area contributed by atoms with Crippen LogP contribution >= 0.6 is 11.6 Å². The van der Waals surface area contributed by atoms with E-state index in [9.17, 15) is 9.18 Å². The first-order valence-electron chi connectivity index (χ1n) is 8.40. The van der Waals surface area contributed by atoms with Crippen molar-refractivity contribution in [3.8, 4) is 11.5 Å². The van der Waals surface area contributed by atoms with Crippen molar-refractivity contribution in [1.29, 1.82) is 0 Å². The van der Waals surface area contributed by atoms with Gasteiger partial charge in [-0.05, 0) is 55.0 Å². The zero-order valence-electron chi connectivity index (χ0n) is 14.3. The average molecular weight is 363 g/mol. The molecule has 0 aliphatic heterocycles. The maximum atomic E-state index is 14.0. The highest BCUT2D eigenvalue weighted by atomic mass is 35.5. The molecule has 0 heterocycles. The van der Waals surface area contributed by atoms with Gasteiger partial charge in [0, 0.05) is 12.5 Å². The largest absolute Gasteiger partial charge is 0.488 e. The van der Waals surface area contributed by atoms with Gasteiger partial charge in [-0.2, -0.15) is 0 Å². The van der Waals surface area contributed by atoms with Crippen LogP contribution in [0, 0.1) is 12.7 Å². The second-order valence-electron chi connectivity index (χ2n) is 6.25. The third kappa shape index (κ3) is 4.13. The summed E-state index contributed by atoms with van der Waals surface area (Å²) in [6.45, 7) is 3.58. The minimum atomic E-state index is -0.344. The van der Waals surface area contributed by atoms with E-state index in [1.54, 1.807) is 32.0 Å². The summed E-state index contributed by atoms with van der Waals surface area (Å²) >= 11 is 6.25. The summed E-state index contributed by atoms with van der Waals surface area (Å²) in [5.74, 6) is 0.691. The third-order valence-electron chi connectivity index (χ3n) is 4.27. The lowest BCUT2D eigenvalue weighted by Crippen LogP contribution is -2.09. The summed E-state index contributed by atoms with van der Waals surface area (Å²) in [7, 11) is 0. The van der Waals surface area contributed by atoms with Gasteiger partial charge in [-0.15, -0.1) is 0 Å². The second kappa shape index (κ2) is 7.44. The Kier molecular flexibility index (Phi) is 5.28. The second-order valence-corrected chi connectivity index (χ2v) is 6.65. The maximum Gasteiger partial charge on any atom is 0.310 e. The Bertz CT molecular complexity index is 800. The van der Waals surface area contributed by atoms with E-state index in [0.29, 0.717) is 33.6 Å². The Morgan fingerprint density at radius 2 is 2.04 bits per heavy atom. The molecule has 0 unspecified atom stereocenters. The molecule has 3 rings (SSSR count). The number of halogens is 2. The zero-order chi connectivity index (χ0) is 18.0. The van der Waals surface area contributed by atoms with E-state index in [4.69, 9.17) is 21.1 Å². The molecule has 1 aliphatic carbocycles. The molecule has 2 aromatic carbocycles. The Hall–Kier alpha value is -2.07. The molecule has 1 aliphatic rings. The van der Waals surface area contributed by atoms with Gasteiger partial charge in [0.25, 0.3) is 0 Å². The molecule has 25 heavy (non-hydrogen) atoms. The van der Waals surface area contributed by atoms with Gasteiger partial charge in [-0.1, -0.05) is 24.6 Å². The van der Waals surface area contributed by atoms with Crippen molar-refractivity contribution in [2.24, 2.45) is 0 Å². The fourth-order valence-electron chi connectivity index (χ4n) is 2.64. The smallest absolute Gasteiger partial charge is 0.310 e. The average Bonchev–Trinajstić information content (AvgIpc) is 3.42. The molecule has 0 spiro atoms. The van der Waals surface area contributed by atoms with Crippen LogP contribution in [0.25, 0.3) is 0 Å². The predicted octanol–water partition coefficient (Wildman–Crippen LogP) is 5.56. The summed E-state index contributed by atoms with van der Waals surface area (Å²) < 4.78 is 25.2. The minimum Gasteiger partial charge on any atom is -0.488 e. The van der Waals surface area contributed by atoms with E-state index >= 15 is 0 Å². The van der Waals surface area contributed by atoms with Gasteiger partial charge in [0.05, 0.1) is 10.6 Å². The van der Waals surface area contributed by atoms with Crippen LogP contribution in [-0.2, 0) is 11.4 Å². The Morgan fingerprint density at radius 1 is 1.28 bits per heavy atom. The van der Waals surface area contributed by atoms with E-state index in [0.717, 1.165) is 18.4 Å². The van der Waals surface area contributed by atoms with Gasteiger partial charge >= 0.3 is 5.97 Å². The molecule has 132 valence electrons. The molecule has 0 atom stereocenters. The lowest BCUT2D eigenvalue weighted by atomic mass is 10.1. The highest BCUT2D eigenvalue weighted by Crippen LogP contribution is 2.45. The van der Waals surface area contributed by atoms with Crippen molar-refractivity contribution in [2.75, 3.05) is 0 Å². The number of carbonyl (C=O) groups excluding carboxylic acids is 1. The zero-order valence-corrected chi connectivity index (χ0v) is 15.0. The van der Waals surface area contributed by atoms with Gasteiger partial charge in [0.2, 0.25) is 0 Å². The SMILES string of the molecule is CCC(=O)Oc1cccc(Cl)c1COc1cc(F)c(C)cc1C1CC1. The number of hydrogen-bond donors (Lipinski definition) is 0. The van der Waals surface area contributed by atoms with Crippen LogP contribution in [0.2, 0.25) is 5.02 Å². The van der Waals surface area contributed by atoms with Crippen LogP contribution in [0.1, 0.15) is 48.8 Å². The molecule has 3 nitrogen and oxygen atoms in total. The van der Waals surface area contributed by atoms with Gasteiger partial charge in [-0.3, -0.25) is 4.79 Å². The molecular formula is C20H20ClFO3. The van der Waals surface area contributed by atoms with Crippen molar-refractivity contribution < 1.29 is 18.7 Å². The van der Waals surface area contributed by atoms with E-state index in [-0.39, 0.29) is 24.8 Å². The Morgan fingerprint density at radius 3 is 2.72 bits per heavy atom.